The molecule has 0 unspecified atom stereocenters. The van der Waals surface area contributed by atoms with Crippen molar-refractivity contribution in [3.63, 3.8) is 0 Å². The molecule has 6 heteroatoms. The van der Waals surface area contributed by atoms with Crippen molar-refractivity contribution in [2.24, 2.45) is 0 Å². The molecule has 0 atom stereocenters. The van der Waals surface area contributed by atoms with Gasteiger partial charge in [0.05, 0.1) is 5.69 Å². The molecule has 1 N–H and O–H groups in total. The Morgan fingerprint density at radius 2 is 1.95 bits per heavy atom. The Labute approximate surface area is 115 Å². The van der Waals surface area contributed by atoms with Crippen molar-refractivity contribution in [1.29, 1.82) is 0 Å². The molecule has 2 heterocycles. The molecule has 0 spiro atoms. The number of fused-ring (bicyclic) bond motifs is 1. The molecule has 1 aromatic heterocycles. The first kappa shape index (κ1) is 12.3. The van der Waals surface area contributed by atoms with Crippen LogP contribution in [0.3, 0.4) is 0 Å². The first-order chi connectivity index (χ1) is 9.83. The zero-order valence-corrected chi connectivity index (χ0v) is 10.5. The summed E-state index contributed by atoms with van der Waals surface area (Å²) in [5.41, 5.74) is 0.468. The number of para-hydroxylation sites is 1. The molecule has 0 saturated heterocycles. The molecule has 1 aliphatic rings. The molecule has 1 amide bonds. The maximum Gasteiger partial charge on any atom is 0.417 e. The van der Waals surface area contributed by atoms with Crippen LogP contribution in [-0.4, -0.2) is 24.3 Å². The van der Waals surface area contributed by atoms with Gasteiger partial charge in [-0.1, -0.05) is 18.2 Å². The number of nitrogens with zero attached hydrogens (tertiary/aromatic N) is 1. The highest BCUT2D eigenvalue weighted by Crippen LogP contribution is 2.35. The lowest BCUT2D eigenvalue weighted by molar-refractivity contribution is 0.165. The third-order valence-corrected chi connectivity index (χ3v) is 2.63. The normalized spacial score (nSPS) is 12.6. The lowest BCUT2D eigenvalue weighted by Gasteiger charge is -2.19. The average Bonchev–Trinajstić information content (AvgIpc) is 2.48. The van der Waals surface area contributed by atoms with Crippen molar-refractivity contribution in [1.82, 2.24) is 4.98 Å². The van der Waals surface area contributed by atoms with Crippen LogP contribution in [0.1, 0.15) is 0 Å². The molecule has 1 aromatic carbocycles. The van der Waals surface area contributed by atoms with Crippen LogP contribution in [-0.2, 0) is 0 Å². The second-order valence-electron chi connectivity index (χ2n) is 4.02. The number of hydrogen-bond donors (Lipinski definition) is 1. The Kier molecular flexibility index (Phi) is 3.36. The van der Waals surface area contributed by atoms with Gasteiger partial charge in [-0.25, -0.2) is 9.78 Å². The summed E-state index contributed by atoms with van der Waals surface area (Å²) in [4.78, 5) is 15.8. The van der Waals surface area contributed by atoms with Gasteiger partial charge in [-0.15, -0.1) is 0 Å². The molecule has 1 aliphatic heterocycles. The number of nitrogens with one attached hydrogen (secondary N) is 1. The lowest BCUT2D eigenvalue weighted by Crippen LogP contribution is -2.21. The number of hydrogen-bond acceptors (Lipinski definition) is 5. The Hall–Kier alpha value is -2.76. The van der Waals surface area contributed by atoms with Gasteiger partial charge in [0.15, 0.2) is 0 Å². The highest BCUT2D eigenvalue weighted by Gasteiger charge is 2.19. The van der Waals surface area contributed by atoms with Crippen molar-refractivity contribution < 1.29 is 19.0 Å². The van der Waals surface area contributed by atoms with Crippen molar-refractivity contribution in [3.05, 3.63) is 42.6 Å². The molecule has 20 heavy (non-hydrogen) atoms. The van der Waals surface area contributed by atoms with Gasteiger partial charge >= 0.3 is 6.09 Å². The highest BCUT2D eigenvalue weighted by atomic mass is 16.6. The number of benzene rings is 1. The van der Waals surface area contributed by atoms with Crippen molar-refractivity contribution >= 4 is 11.8 Å². The monoisotopic (exact) mass is 272 g/mol. The minimum absolute atomic E-state index is 0.369. The Morgan fingerprint density at radius 3 is 2.80 bits per heavy atom. The van der Waals surface area contributed by atoms with Crippen LogP contribution in [0.15, 0.2) is 42.6 Å². The second kappa shape index (κ2) is 5.48. The maximum atomic E-state index is 11.8. The van der Waals surface area contributed by atoms with Crippen LogP contribution in [0.2, 0.25) is 0 Å². The third kappa shape index (κ3) is 2.64. The van der Waals surface area contributed by atoms with Crippen LogP contribution < -0.4 is 19.5 Å². The molecule has 0 radical (unpaired) electrons. The fourth-order valence-electron chi connectivity index (χ4n) is 1.78. The molecule has 0 aliphatic carbocycles. The van der Waals surface area contributed by atoms with Gasteiger partial charge in [0, 0.05) is 6.20 Å². The highest BCUT2D eigenvalue weighted by molar-refractivity contribution is 5.88. The summed E-state index contributed by atoms with van der Waals surface area (Å²) in [6.45, 7) is 0.860. The summed E-state index contributed by atoms with van der Waals surface area (Å²) in [6, 6.07) is 10.4. The summed E-state index contributed by atoms with van der Waals surface area (Å²) in [6.07, 6.45) is 0.935. The molecule has 6 nitrogen and oxygen atoms in total. The van der Waals surface area contributed by atoms with Crippen molar-refractivity contribution in [3.8, 4) is 17.4 Å². The van der Waals surface area contributed by atoms with Crippen molar-refractivity contribution in [2.75, 3.05) is 18.5 Å². The predicted octanol–water partition coefficient (Wildman–Crippen LogP) is 2.46. The molecule has 0 bridgehead atoms. The van der Waals surface area contributed by atoms with E-state index < -0.39 is 6.09 Å². The number of ether oxygens (including phenoxy) is 3. The molecular formula is C14H12N2O4. The van der Waals surface area contributed by atoms with E-state index in [1.54, 1.807) is 30.3 Å². The molecule has 3 rings (SSSR count). The molecular weight excluding hydrogens is 260 g/mol. The van der Waals surface area contributed by atoms with Crippen molar-refractivity contribution in [2.45, 2.75) is 0 Å². The number of pyridine rings is 1. The summed E-state index contributed by atoms with van der Waals surface area (Å²) in [5, 5.41) is 2.61. The van der Waals surface area contributed by atoms with Gasteiger partial charge in [-0.2, -0.15) is 0 Å². The zero-order valence-electron chi connectivity index (χ0n) is 10.5. The number of aromatic nitrogens is 1. The van der Waals surface area contributed by atoms with Crippen LogP contribution in [0.25, 0.3) is 0 Å². The number of amides is 1. The first-order valence-electron chi connectivity index (χ1n) is 6.11. The van der Waals surface area contributed by atoms with Gasteiger partial charge in [0.25, 0.3) is 5.88 Å². The summed E-state index contributed by atoms with van der Waals surface area (Å²) < 4.78 is 15.9. The average molecular weight is 272 g/mol. The van der Waals surface area contributed by atoms with E-state index in [0.717, 1.165) is 0 Å². The van der Waals surface area contributed by atoms with E-state index in [1.165, 1.54) is 6.20 Å². The number of rotatable bonds is 2. The Bertz CT molecular complexity index is 616. The zero-order chi connectivity index (χ0) is 13.8. The van der Waals surface area contributed by atoms with Gasteiger partial charge in [-0.3, -0.25) is 5.32 Å². The van der Waals surface area contributed by atoms with Crippen LogP contribution in [0.5, 0.6) is 17.4 Å². The van der Waals surface area contributed by atoms with Crippen LogP contribution in [0, 0.1) is 0 Å². The summed E-state index contributed by atoms with van der Waals surface area (Å²) >= 11 is 0. The second-order valence-corrected chi connectivity index (χ2v) is 4.02. The van der Waals surface area contributed by atoms with Gasteiger partial charge in [0.1, 0.15) is 19.0 Å². The summed E-state index contributed by atoms with van der Waals surface area (Å²) in [5.74, 6) is 1.25. The minimum Gasteiger partial charge on any atom is -0.483 e. The van der Waals surface area contributed by atoms with E-state index in [1.807, 2.05) is 6.07 Å². The maximum absolute atomic E-state index is 11.8. The molecule has 0 saturated carbocycles. The third-order valence-electron chi connectivity index (χ3n) is 2.63. The van der Waals surface area contributed by atoms with E-state index in [-0.39, 0.29) is 0 Å². The predicted molar refractivity (Wildman–Crippen MR) is 71.3 cm³/mol. The topological polar surface area (TPSA) is 69.7 Å². The quantitative estimate of drug-likeness (QED) is 0.909. The van der Waals surface area contributed by atoms with Gasteiger partial charge < -0.3 is 14.2 Å². The largest absolute Gasteiger partial charge is 0.483 e. The first-order valence-corrected chi connectivity index (χ1v) is 6.11. The fraction of sp³-hybridized carbons (Fsp3) is 0.143. The standard InChI is InChI=1S/C14H12N2O4/c17-14(20-10-4-2-1-3-5-10)16-11-6-7-15-13-12(11)18-8-9-19-13/h1-7H,8-9H2,(H,15,16,17). The summed E-state index contributed by atoms with van der Waals surface area (Å²) in [7, 11) is 0. The molecule has 0 fully saturated rings. The van der Waals surface area contributed by atoms with E-state index >= 15 is 0 Å². The Balaban J connectivity index is 1.73. The van der Waals surface area contributed by atoms with Gasteiger partial charge in [-0.05, 0) is 18.2 Å². The van der Waals surface area contributed by atoms with E-state index in [9.17, 15) is 4.79 Å². The lowest BCUT2D eigenvalue weighted by atomic mass is 10.3. The van der Waals surface area contributed by atoms with Crippen LogP contribution >= 0.6 is 0 Å². The number of carbonyl (C=O) groups is 1. The van der Waals surface area contributed by atoms with E-state index in [4.69, 9.17) is 14.2 Å². The fourth-order valence-corrected chi connectivity index (χ4v) is 1.78. The smallest absolute Gasteiger partial charge is 0.417 e. The van der Waals surface area contributed by atoms with E-state index in [0.29, 0.717) is 36.3 Å². The molecule has 102 valence electrons. The van der Waals surface area contributed by atoms with Crippen LogP contribution in [0.4, 0.5) is 10.5 Å². The number of carbonyl (C=O) groups excluding carboxylic acids is 1. The minimum atomic E-state index is -0.598. The van der Waals surface area contributed by atoms with Gasteiger partial charge in [0.2, 0.25) is 5.75 Å². The number of anilines is 1. The van der Waals surface area contributed by atoms with E-state index in [2.05, 4.69) is 10.3 Å². The SMILES string of the molecule is O=C(Nc1ccnc2c1OCCO2)Oc1ccccc1. The Morgan fingerprint density at radius 1 is 1.15 bits per heavy atom. The molecule has 2 aromatic rings.